The molecule has 0 spiro atoms. The molecule has 104 valence electrons. The molecule has 2 rings (SSSR count). The Balaban J connectivity index is 2.10. The summed E-state index contributed by atoms with van der Waals surface area (Å²) in [5, 5.41) is 0. The van der Waals surface area contributed by atoms with Gasteiger partial charge in [0.25, 0.3) is 11.7 Å². The van der Waals surface area contributed by atoms with Crippen LogP contribution in [0.25, 0.3) is 0 Å². The zero-order chi connectivity index (χ0) is 14.0. The lowest BCUT2D eigenvalue weighted by atomic mass is 10.1. The van der Waals surface area contributed by atoms with E-state index >= 15 is 0 Å². The average Bonchev–Trinajstić information content (AvgIpc) is 3.13. The Morgan fingerprint density at radius 3 is 2.26 bits per heavy atom. The molecule has 1 aromatic rings. The first-order valence-electron chi connectivity index (χ1n) is 6.36. The molecular formula is C14H17F2NOS. The Morgan fingerprint density at radius 2 is 1.84 bits per heavy atom. The smallest absolute Gasteiger partial charge is 0.288 e. The van der Waals surface area contributed by atoms with Crippen molar-refractivity contribution in [3.05, 3.63) is 29.8 Å². The van der Waals surface area contributed by atoms with Crippen LogP contribution in [0.15, 0.2) is 29.2 Å². The molecule has 0 atom stereocenters. The molecule has 1 amide bonds. The maximum atomic E-state index is 12.4. The molecule has 0 aromatic heterocycles. The summed E-state index contributed by atoms with van der Waals surface area (Å²) in [6.45, 7) is 3.99. The van der Waals surface area contributed by atoms with E-state index in [0.29, 0.717) is 28.3 Å². The van der Waals surface area contributed by atoms with Crippen LogP contribution in [-0.4, -0.2) is 28.6 Å². The van der Waals surface area contributed by atoms with Gasteiger partial charge in [0.1, 0.15) is 0 Å². The average molecular weight is 285 g/mol. The van der Waals surface area contributed by atoms with E-state index in [1.165, 1.54) is 0 Å². The lowest BCUT2D eigenvalue weighted by Gasteiger charge is -2.26. The summed E-state index contributed by atoms with van der Waals surface area (Å²) in [6, 6.07) is 6.93. The number of carbonyl (C=O) groups excluding carboxylic acids is 1. The fourth-order valence-corrected chi connectivity index (χ4v) is 2.60. The molecule has 5 heteroatoms. The quantitative estimate of drug-likeness (QED) is 0.762. The maximum absolute atomic E-state index is 12.4. The molecule has 2 nitrogen and oxygen atoms in total. The van der Waals surface area contributed by atoms with Crippen molar-refractivity contribution < 1.29 is 13.6 Å². The molecule has 0 aliphatic heterocycles. The molecule has 0 unspecified atom stereocenters. The van der Waals surface area contributed by atoms with Gasteiger partial charge < -0.3 is 4.90 Å². The van der Waals surface area contributed by atoms with Gasteiger partial charge in [-0.1, -0.05) is 11.8 Å². The third-order valence-electron chi connectivity index (χ3n) is 3.06. The monoisotopic (exact) mass is 285 g/mol. The van der Waals surface area contributed by atoms with Gasteiger partial charge in [0, 0.05) is 22.5 Å². The SMILES string of the molecule is CC(C)N(C(=O)c1ccc(SC(F)F)cc1)C1CC1. The van der Waals surface area contributed by atoms with E-state index in [9.17, 15) is 13.6 Å². The fourth-order valence-electron chi connectivity index (χ4n) is 2.10. The minimum atomic E-state index is -2.43. The molecule has 1 saturated carbocycles. The van der Waals surface area contributed by atoms with Gasteiger partial charge in [-0.3, -0.25) is 4.79 Å². The highest BCUT2D eigenvalue weighted by Crippen LogP contribution is 2.31. The highest BCUT2D eigenvalue weighted by molar-refractivity contribution is 7.99. The third-order valence-corrected chi connectivity index (χ3v) is 3.78. The van der Waals surface area contributed by atoms with Crippen LogP contribution < -0.4 is 0 Å². The second kappa shape index (κ2) is 5.90. The zero-order valence-corrected chi connectivity index (χ0v) is 11.8. The number of rotatable bonds is 5. The van der Waals surface area contributed by atoms with Gasteiger partial charge in [-0.2, -0.15) is 8.78 Å². The van der Waals surface area contributed by atoms with Gasteiger partial charge in [-0.25, -0.2) is 0 Å². The lowest BCUT2D eigenvalue weighted by molar-refractivity contribution is 0.0690. The van der Waals surface area contributed by atoms with Gasteiger partial charge in [0.05, 0.1) is 0 Å². The number of thioether (sulfide) groups is 1. The maximum Gasteiger partial charge on any atom is 0.288 e. The first-order chi connectivity index (χ1) is 8.99. The Labute approximate surface area is 116 Å². The van der Waals surface area contributed by atoms with Crippen molar-refractivity contribution in [1.29, 1.82) is 0 Å². The predicted octanol–water partition coefficient (Wildman–Crippen LogP) is 4.01. The second-order valence-corrected chi connectivity index (χ2v) is 6.00. The summed E-state index contributed by atoms with van der Waals surface area (Å²) in [7, 11) is 0. The molecule has 0 saturated heterocycles. The van der Waals surface area contributed by atoms with Crippen LogP contribution in [0.5, 0.6) is 0 Å². The molecular weight excluding hydrogens is 268 g/mol. The summed E-state index contributed by atoms with van der Waals surface area (Å²) >= 11 is 0.494. The van der Waals surface area contributed by atoms with Gasteiger partial charge >= 0.3 is 0 Å². The summed E-state index contributed by atoms with van der Waals surface area (Å²) in [5.41, 5.74) is 0.569. The topological polar surface area (TPSA) is 20.3 Å². The number of benzene rings is 1. The van der Waals surface area contributed by atoms with E-state index in [2.05, 4.69) is 0 Å². The summed E-state index contributed by atoms with van der Waals surface area (Å²) in [5.74, 6) is -2.44. The first kappa shape index (κ1) is 14.3. The van der Waals surface area contributed by atoms with E-state index in [1.807, 2.05) is 18.7 Å². The molecule has 0 radical (unpaired) electrons. The van der Waals surface area contributed by atoms with Crippen molar-refractivity contribution in [2.75, 3.05) is 0 Å². The van der Waals surface area contributed by atoms with E-state index in [0.717, 1.165) is 12.8 Å². The minimum absolute atomic E-state index is 0.00824. The fraction of sp³-hybridized carbons (Fsp3) is 0.500. The van der Waals surface area contributed by atoms with Crippen molar-refractivity contribution in [2.45, 2.75) is 49.4 Å². The third kappa shape index (κ3) is 3.69. The van der Waals surface area contributed by atoms with E-state index in [4.69, 9.17) is 0 Å². The zero-order valence-electron chi connectivity index (χ0n) is 11.0. The second-order valence-electron chi connectivity index (χ2n) is 4.94. The Hall–Kier alpha value is -1.10. The van der Waals surface area contributed by atoms with Crippen LogP contribution in [0.1, 0.15) is 37.0 Å². The van der Waals surface area contributed by atoms with Crippen molar-refractivity contribution in [1.82, 2.24) is 4.90 Å². The summed E-state index contributed by atoms with van der Waals surface area (Å²) in [4.78, 5) is 14.7. The van der Waals surface area contributed by atoms with Crippen LogP contribution in [0.3, 0.4) is 0 Å². The van der Waals surface area contributed by atoms with Gasteiger partial charge in [0.15, 0.2) is 0 Å². The molecule has 1 aromatic carbocycles. The minimum Gasteiger partial charge on any atom is -0.333 e. The number of hydrogen-bond donors (Lipinski definition) is 0. The van der Waals surface area contributed by atoms with Crippen LogP contribution in [0.4, 0.5) is 8.78 Å². The molecule has 0 N–H and O–H groups in total. The molecule has 1 aliphatic carbocycles. The lowest BCUT2D eigenvalue weighted by Crippen LogP contribution is -2.38. The Bertz CT molecular complexity index is 441. The number of amides is 1. The molecule has 1 fully saturated rings. The van der Waals surface area contributed by atoms with E-state index in [-0.39, 0.29) is 11.9 Å². The first-order valence-corrected chi connectivity index (χ1v) is 7.24. The molecule has 1 aliphatic rings. The highest BCUT2D eigenvalue weighted by atomic mass is 32.2. The highest BCUT2D eigenvalue weighted by Gasteiger charge is 2.34. The normalized spacial score (nSPS) is 15.1. The van der Waals surface area contributed by atoms with E-state index < -0.39 is 5.76 Å². The Kier molecular flexibility index (Phi) is 4.45. The molecule has 0 heterocycles. The van der Waals surface area contributed by atoms with Gasteiger partial charge in [-0.05, 0) is 51.0 Å². The van der Waals surface area contributed by atoms with Crippen LogP contribution in [0, 0.1) is 0 Å². The predicted molar refractivity (Wildman–Crippen MR) is 72.6 cm³/mol. The summed E-state index contributed by atoms with van der Waals surface area (Å²) < 4.78 is 24.4. The van der Waals surface area contributed by atoms with Crippen molar-refractivity contribution >= 4 is 17.7 Å². The van der Waals surface area contributed by atoms with Crippen molar-refractivity contribution in [2.24, 2.45) is 0 Å². The molecule has 0 bridgehead atoms. The number of nitrogens with zero attached hydrogens (tertiary/aromatic N) is 1. The number of halogens is 2. The van der Waals surface area contributed by atoms with Crippen LogP contribution >= 0.6 is 11.8 Å². The Morgan fingerprint density at radius 1 is 1.26 bits per heavy atom. The largest absolute Gasteiger partial charge is 0.333 e. The number of hydrogen-bond acceptors (Lipinski definition) is 2. The number of carbonyl (C=O) groups is 1. The van der Waals surface area contributed by atoms with E-state index in [1.54, 1.807) is 24.3 Å². The van der Waals surface area contributed by atoms with Crippen molar-refractivity contribution in [3.8, 4) is 0 Å². The van der Waals surface area contributed by atoms with Crippen LogP contribution in [0.2, 0.25) is 0 Å². The van der Waals surface area contributed by atoms with Gasteiger partial charge in [0.2, 0.25) is 0 Å². The summed E-state index contributed by atoms with van der Waals surface area (Å²) in [6.07, 6.45) is 2.12. The van der Waals surface area contributed by atoms with Crippen molar-refractivity contribution in [3.63, 3.8) is 0 Å². The number of alkyl halides is 2. The standard InChI is InChI=1S/C14H17F2NOS/c1-9(2)17(11-5-6-11)13(18)10-3-7-12(8-4-10)19-14(15)16/h3-4,7-9,11,14H,5-6H2,1-2H3. The van der Waals surface area contributed by atoms with Gasteiger partial charge in [-0.15, -0.1) is 0 Å². The van der Waals surface area contributed by atoms with Crippen LogP contribution in [-0.2, 0) is 0 Å². The molecule has 19 heavy (non-hydrogen) atoms.